The van der Waals surface area contributed by atoms with E-state index in [0.717, 1.165) is 17.5 Å². The van der Waals surface area contributed by atoms with Crippen LogP contribution in [-0.4, -0.2) is 6.61 Å². The lowest BCUT2D eigenvalue weighted by Crippen LogP contribution is -2.07. The Hall–Kier alpha value is -1.77. The predicted molar refractivity (Wildman–Crippen MR) is 96.6 cm³/mol. The lowest BCUT2D eigenvalue weighted by molar-refractivity contribution is 0.199. The van der Waals surface area contributed by atoms with Crippen LogP contribution in [0.25, 0.3) is 0 Å². The number of hydrogen-bond acceptors (Lipinski definition) is 4. The van der Waals surface area contributed by atoms with E-state index >= 15 is 0 Å². The van der Waals surface area contributed by atoms with Gasteiger partial charge in [0, 0.05) is 0 Å². The van der Waals surface area contributed by atoms with Gasteiger partial charge >= 0.3 is 7.82 Å². The van der Waals surface area contributed by atoms with E-state index in [4.69, 9.17) is 13.6 Å². The molecule has 0 aliphatic carbocycles. The standard InChI is InChI=1S/C19H25O4P/c1-15(2)13-14-21-24(20,22-18-9-5-16(3)6-10-18)23-19-11-7-17(4)8-12-19/h5-12,15H,13-14H2,1-4H3. The molecule has 0 amide bonds. The Bertz CT molecular complexity index is 626. The Balaban J connectivity index is 2.14. The second-order valence-electron chi connectivity index (χ2n) is 6.27. The van der Waals surface area contributed by atoms with Gasteiger partial charge in [-0.3, -0.25) is 4.52 Å². The minimum Gasteiger partial charge on any atom is -0.395 e. The zero-order chi connectivity index (χ0) is 17.6. The predicted octanol–water partition coefficient (Wildman–Crippen LogP) is 5.93. The summed E-state index contributed by atoms with van der Waals surface area (Å²) in [5, 5.41) is 0. The van der Waals surface area contributed by atoms with E-state index in [0.29, 0.717) is 24.0 Å². The Labute approximate surface area is 144 Å². The summed E-state index contributed by atoms with van der Waals surface area (Å²) in [4.78, 5) is 0. The fraction of sp³-hybridized carbons (Fsp3) is 0.368. The van der Waals surface area contributed by atoms with Crippen molar-refractivity contribution in [2.45, 2.75) is 34.1 Å². The van der Waals surface area contributed by atoms with Crippen molar-refractivity contribution in [1.82, 2.24) is 0 Å². The molecule has 0 aliphatic heterocycles. The zero-order valence-electron chi connectivity index (χ0n) is 14.7. The van der Waals surface area contributed by atoms with E-state index in [1.165, 1.54) is 0 Å². The Morgan fingerprint density at radius 1 is 0.833 bits per heavy atom. The van der Waals surface area contributed by atoms with E-state index in [2.05, 4.69) is 13.8 Å². The highest BCUT2D eigenvalue weighted by Crippen LogP contribution is 2.49. The third kappa shape index (κ3) is 6.03. The number of hydrogen-bond donors (Lipinski definition) is 0. The molecular formula is C19H25O4P. The summed E-state index contributed by atoms with van der Waals surface area (Å²) in [5.41, 5.74) is 2.19. The maximum atomic E-state index is 13.0. The van der Waals surface area contributed by atoms with Crippen LogP contribution in [0.4, 0.5) is 0 Å². The average Bonchev–Trinajstić information content (AvgIpc) is 2.51. The summed E-state index contributed by atoms with van der Waals surface area (Å²) in [6.07, 6.45) is 0.776. The molecule has 0 spiro atoms. The maximum Gasteiger partial charge on any atom is 0.587 e. The van der Waals surface area contributed by atoms with Crippen LogP contribution in [0.5, 0.6) is 11.5 Å². The van der Waals surface area contributed by atoms with Gasteiger partial charge in [0.05, 0.1) is 6.61 Å². The van der Waals surface area contributed by atoms with Gasteiger partial charge in [-0.05, 0) is 50.5 Å². The van der Waals surface area contributed by atoms with E-state index < -0.39 is 7.82 Å². The first-order chi connectivity index (χ1) is 11.4. The molecule has 0 aromatic heterocycles. The van der Waals surface area contributed by atoms with Crippen molar-refractivity contribution < 1.29 is 18.1 Å². The van der Waals surface area contributed by atoms with Crippen molar-refractivity contribution in [2.24, 2.45) is 5.92 Å². The monoisotopic (exact) mass is 348 g/mol. The lowest BCUT2D eigenvalue weighted by Gasteiger charge is -2.19. The van der Waals surface area contributed by atoms with Gasteiger partial charge in [-0.1, -0.05) is 49.2 Å². The number of phosphoric acid groups is 1. The van der Waals surface area contributed by atoms with E-state index in [1.54, 1.807) is 24.3 Å². The SMILES string of the molecule is Cc1ccc(OP(=O)(OCCC(C)C)Oc2ccc(C)cc2)cc1. The van der Waals surface area contributed by atoms with Crippen molar-refractivity contribution in [3.8, 4) is 11.5 Å². The van der Waals surface area contributed by atoms with E-state index in [9.17, 15) is 4.57 Å². The maximum absolute atomic E-state index is 13.0. The topological polar surface area (TPSA) is 44.8 Å². The van der Waals surface area contributed by atoms with Gasteiger partial charge in [0.1, 0.15) is 11.5 Å². The summed E-state index contributed by atoms with van der Waals surface area (Å²) in [6.45, 7) is 8.43. The van der Waals surface area contributed by atoms with Crippen LogP contribution >= 0.6 is 7.82 Å². The van der Waals surface area contributed by atoms with Crippen LogP contribution in [0.3, 0.4) is 0 Å². The molecule has 130 valence electrons. The summed E-state index contributed by atoms with van der Waals surface area (Å²) in [6, 6.07) is 14.6. The molecule has 2 aromatic carbocycles. The van der Waals surface area contributed by atoms with Crippen molar-refractivity contribution >= 4 is 7.82 Å². The van der Waals surface area contributed by atoms with Crippen molar-refractivity contribution in [2.75, 3.05) is 6.61 Å². The van der Waals surface area contributed by atoms with Crippen molar-refractivity contribution in [3.63, 3.8) is 0 Å². The molecule has 24 heavy (non-hydrogen) atoms. The second kappa shape index (κ2) is 8.36. The molecule has 0 atom stereocenters. The molecule has 5 heteroatoms. The number of aryl methyl sites for hydroxylation is 2. The Morgan fingerprint density at radius 3 is 1.62 bits per heavy atom. The normalized spacial score (nSPS) is 11.5. The van der Waals surface area contributed by atoms with E-state index in [1.807, 2.05) is 38.1 Å². The second-order valence-corrected chi connectivity index (χ2v) is 7.79. The molecule has 0 bridgehead atoms. The summed E-state index contributed by atoms with van der Waals surface area (Å²) in [7, 11) is -3.75. The summed E-state index contributed by atoms with van der Waals surface area (Å²) >= 11 is 0. The highest BCUT2D eigenvalue weighted by molar-refractivity contribution is 7.49. The van der Waals surface area contributed by atoms with Gasteiger partial charge < -0.3 is 9.05 Å². The molecule has 0 saturated carbocycles. The highest BCUT2D eigenvalue weighted by Gasteiger charge is 2.30. The van der Waals surface area contributed by atoms with Gasteiger partial charge in [-0.25, -0.2) is 4.57 Å². The molecule has 0 saturated heterocycles. The van der Waals surface area contributed by atoms with Gasteiger partial charge in [0.15, 0.2) is 0 Å². The summed E-state index contributed by atoms with van der Waals surface area (Å²) < 4.78 is 29.7. The van der Waals surface area contributed by atoms with Crippen LogP contribution in [0.2, 0.25) is 0 Å². The molecule has 0 aliphatic rings. The largest absolute Gasteiger partial charge is 0.587 e. The van der Waals surface area contributed by atoms with Crippen LogP contribution in [-0.2, 0) is 9.09 Å². The molecule has 4 nitrogen and oxygen atoms in total. The quantitative estimate of drug-likeness (QED) is 0.554. The molecule has 0 N–H and O–H groups in total. The van der Waals surface area contributed by atoms with Crippen molar-refractivity contribution in [1.29, 1.82) is 0 Å². The summed E-state index contributed by atoms with van der Waals surface area (Å²) in [5.74, 6) is 1.36. The van der Waals surface area contributed by atoms with E-state index in [-0.39, 0.29) is 0 Å². The number of phosphoric ester groups is 1. The van der Waals surface area contributed by atoms with Gasteiger partial charge in [-0.15, -0.1) is 0 Å². The van der Waals surface area contributed by atoms with Gasteiger partial charge in [-0.2, -0.15) is 0 Å². The van der Waals surface area contributed by atoms with Crippen molar-refractivity contribution in [3.05, 3.63) is 59.7 Å². The first kappa shape index (κ1) is 18.6. The molecule has 0 radical (unpaired) electrons. The molecule has 0 unspecified atom stereocenters. The fourth-order valence-electron chi connectivity index (χ4n) is 1.93. The third-order valence-electron chi connectivity index (χ3n) is 3.42. The fourth-order valence-corrected chi connectivity index (χ4v) is 3.16. The number of benzene rings is 2. The van der Waals surface area contributed by atoms with Gasteiger partial charge in [0.25, 0.3) is 0 Å². The Kier molecular flexibility index (Phi) is 6.47. The van der Waals surface area contributed by atoms with Gasteiger partial charge in [0.2, 0.25) is 0 Å². The minimum absolute atomic E-state index is 0.312. The highest BCUT2D eigenvalue weighted by atomic mass is 31.2. The lowest BCUT2D eigenvalue weighted by atomic mass is 10.2. The first-order valence-corrected chi connectivity index (χ1v) is 9.59. The molecule has 2 rings (SSSR count). The van der Waals surface area contributed by atoms with Crippen LogP contribution in [0.15, 0.2) is 48.5 Å². The first-order valence-electron chi connectivity index (χ1n) is 8.13. The molecular weight excluding hydrogens is 323 g/mol. The van der Waals surface area contributed by atoms with Crippen LogP contribution in [0, 0.1) is 19.8 Å². The minimum atomic E-state index is -3.75. The molecule has 0 heterocycles. The smallest absolute Gasteiger partial charge is 0.395 e. The van der Waals surface area contributed by atoms with Crippen LogP contribution < -0.4 is 9.05 Å². The third-order valence-corrected chi connectivity index (χ3v) is 4.79. The number of rotatable bonds is 8. The zero-order valence-corrected chi connectivity index (χ0v) is 15.6. The van der Waals surface area contributed by atoms with Crippen LogP contribution in [0.1, 0.15) is 31.4 Å². The Morgan fingerprint density at radius 2 is 1.25 bits per heavy atom. The molecule has 2 aromatic rings. The molecule has 0 fully saturated rings. The average molecular weight is 348 g/mol.